The lowest BCUT2D eigenvalue weighted by atomic mass is 10.1. The van der Waals surface area contributed by atoms with E-state index in [9.17, 15) is 0 Å². The van der Waals surface area contributed by atoms with E-state index in [0.717, 1.165) is 35.0 Å². The number of nitrogens with one attached hydrogen (secondary N) is 1. The molecule has 0 bridgehead atoms. The second-order valence-corrected chi connectivity index (χ2v) is 3.54. The Hall–Kier alpha value is -1.77. The molecule has 0 aliphatic rings. The third-order valence-corrected chi connectivity index (χ3v) is 2.51. The van der Waals surface area contributed by atoms with Gasteiger partial charge in [0, 0.05) is 22.7 Å². The highest BCUT2D eigenvalue weighted by Gasteiger charge is 2.09. The van der Waals surface area contributed by atoms with Gasteiger partial charge in [0.2, 0.25) is 0 Å². The zero-order valence-corrected chi connectivity index (χ0v) is 8.70. The predicted molar refractivity (Wildman–Crippen MR) is 61.5 cm³/mol. The maximum Gasteiger partial charge on any atom is 0.0889 e. The molecule has 3 heteroatoms. The molecule has 0 amide bonds. The van der Waals surface area contributed by atoms with E-state index in [2.05, 4.69) is 17.1 Å². The fourth-order valence-electron chi connectivity index (χ4n) is 1.79. The molecule has 0 unspecified atom stereocenters. The molecule has 0 saturated heterocycles. The van der Waals surface area contributed by atoms with Crippen LogP contribution in [-0.4, -0.2) is 15.9 Å². The maximum absolute atomic E-state index is 8.96. The van der Waals surface area contributed by atoms with Crippen LogP contribution in [0.1, 0.15) is 25.3 Å². The topological polar surface area (TPSA) is 48.4 Å². The van der Waals surface area contributed by atoms with Gasteiger partial charge in [-0.2, -0.15) is 0 Å². The van der Waals surface area contributed by atoms with E-state index in [1.165, 1.54) is 0 Å². The molecule has 0 aliphatic heterocycles. The van der Waals surface area contributed by atoms with E-state index in [4.69, 9.17) is 5.21 Å². The summed E-state index contributed by atoms with van der Waals surface area (Å²) in [4.78, 5) is 3.17. The van der Waals surface area contributed by atoms with E-state index < -0.39 is 0 Å². The number of aromatic amines is 1. The molecule has 2 N–H and O–H groups in total. The van der Waals surface area contributed by atoms with Crippen molar-refractivity contribution in [2.75, 3.05) is 0 Å². The van der Waals surface area contributed by atoms with Gasteiger partial charge in [0.1, 0.15) is 0 Å². The van der Waals surface area contributed by atoms with Gasteiger partial charge in [-0.15, -0.1) is 0 Å². The lowest BCUT2D eigenvalue weighted by Gasteiger charge is -2.00. The van der Waals surface area contributed by atoms with Crippen LogP contribution in [0, 0.1) is 0 Å². The van der Waals surface area contributed by atoms with Gasteiger partial charge in [-0.25, -0.2) is 0 Å². The SMILES string of the molecule is CCC/C(=N/O)c1c[nH]c2ccccc12. The standard InChI is InChI=1S/C12H14N2O/c1-2-5-12(14-15)10-8-13-11-7-4-3-6-9(10)11/h3-4,6-8,13,15H,2,5H2,1H3/b14-12-. The van der Waals surface area contributed by atoms with Crippen LogP contribution in [-0.2, 0) is 0 Å². The lowest BCUT2D eigenvalue weighted by Crippen LogP contribution is -1.98. The van der Waals surface area contributed by atoms with Crippen LogP contribution in [0.2, 0.25) is 0 Å². The Kier molecular flexibility index (Phi) is 2.72. The number of para-hydroxylation sites is 1. The molecule has 1 aromatic carbocycles. The molecule has 78 valence electrons. The average molecular weight is 202 g/mol. The highest BCUT2D eigenvalue weighted by Crippen LogP contribution is 2.19. The summed E-state index contributed by atoms with van der Waals surface area (Å²) in [5, 5.41) is 13.4. The largest absolute Gasteiger partial charge is 0.411 e. The van der Waals surface area contributed by atoms with Crippen molar-refractivity contribution in [1.29, 1.82) is 0 Å². The van der Waals surface area contributed by atoms with Crippen molar-refractivity contribution in [1.82, 2.24) is 4.98 Å². The summed E-state index contributed by atoms with van der Waals surface area (Å²) >= 11 is 0. The molecule has 2 rings (SSSR count). The van der Waals surface area contributed by atoms with Gasteiger partial charge in [0.15, 0.2) is 0 Å². The molecule has 1 aromatic heterocycles. The second-order valence-electron chi connectivity index (χ2n) is 3.54. The Labute approximate surface area is 88.4 Å². The minimum atomic E-state index is 0.745. The zero-order valence-electron chi connectivity index (χ0n) is 8.70. The van der Waals surface area contributed by atoms with Crippen molar-refractivity contribution < 1.29 is 5.21 Å². The minimum absolute atomic E-state index is 0.745. The molecule has 3 nitrogen and oxygen atoms in total. The highest BCUT2D eigenvalue weighted by atomic mass is 16.4. The predicted octanol–water partition coefficient (Wildman–Crippen LogP) is 3.15. The Balaban J connectivity index is 2.51. The number of hydrogen-bond donors (Lipinski definition) is 2. The van der Waals surface area contributed by atoms with E-state index in [1.807, 2.05) is 30.5 Å². The van der Waals surface area contributed by atoms with Crippen LogP contribution in [0.3, 0.4) is 0 Å². The molecule has 0 spiro atoms. The summed E-state index contributed by atoms with van der Waals surface area (Å²) < 4.78 is 0. The highest BCUT2D eigenvalue weighted by molar-refractivity contribution is 6.10. The Morgan fingerprint density at radius 1 is 1.40 bits per heavy atom. The van der Waals surface area contributed by atoms with Crippen LogP contribution in [0.4, 0.5) is 0 Å². The van der Waals surface area contributed by atoms with E-state index in [1.54, 1.807) is 0 Å². The van der Waals surface area contributed by atoms with Gasteiger partial charge >= 0.3 is 0 Å². The number of H-pyrrole nitrogens is 1. The zero-order chi connectivity index (χ0) is 10.7. The fourth-order valence-corrected chi connectivity index (χ4v) is 1.79. The fraction of sp³-hybridized carbons (Fsp3) is 0.250. The summed E-state index contributed by atoms with van der Waals surface area (Å²) in [5.74, 6) is 0. The Morgan fingerprint density at radius 2 is 2.20 bits per heavy atom. The first kappa shape index (κ1) is 9.77. The van der Waals surface area contributed by atoms with E-state index in [-0.39, 0.29) is 0 Å². The second kappa shape index (κ2) is 4.17. The first-order valence-electron chi connectivity index (χ1n) is 5.14. The normalized spacial score (nSPS) is 12.2. The van der Waals surface area contributed by atoms with Gasteiger partial charge in [0.05, 0.1) is 5.71 Å². The first-order valence-corrected chi connectivity index (χ1v) is 5.14. The lowest BCUT2D eigenvalue weighted by molar-refractivity contribution is 0.318. The molecule has 0 radical (unpaired) electrons. The molecule has 1 heterocycles. The van der Waals surface area contributed by atoms with Crippen molar-refractivity contribution in [3.05, 3.63) is 36.0 Å². The van der Waals surface area contributed by atoms with Crippen molar-refractivity contribution in [3.63, 3.8) is 0 Å². The Morgan fingerprint density at radius 3 is 2.93 bits per heavy atom. The van der Waals surface area contributed by atoms with Crippen LogP contribution < -0.4 is 0 Å². The Bertz CT molecular complexity index is 485. The summed E-state index contributed by atoms with van der Waals surface area (Å²) in [6, 6.07) is 8.01. The quantitative estimate of drug-likeness (QED) is 0.448. The van der Waals surface area contributed by atoms with Crippen LogP contribution in [0.25, 0.3) is 10.9 Å². The van der Waals surface area contributed by atoms with Gasteiger partial charge in [-0.05, 0) is 12.5 Å². The molecular formula is C12H14N2O. The number of nitrogens with zero attached hydrogens (tertiary/aromatic N) is 1. The maximum atomic E-state index is 8.96. The van der Waals surface area contributed by atoms with Gasteiger partial charge < -0.3 is 10.2 Å². The van der Waals surface area contributed by atoms with Crippen LogP contribution >= 0.6 is 0 Å². The third-order valence-electron chi connectivity index (χ3n) is 2.51. The summed E-state index contributed by atoms with van der Waals surface area (Å²) in [7, 11) is 0. The molecule has 15 heavy (non-hydrogen) atoms. The summed E-state index contributed by atoms with van der Waals surface area (Å²) in [6.45, 7) is 2.07. The van der Waals surface area contributed by atoms with E-state index >= 15 is 0 Å². The van der Waals surface area contributed by atoms with E-state index in [0.29, 0.717) is 0 Å². The smallest absolute Gasteiger partial charge is 0.0889 e. The number of benzene rings is 1. The molecule has 0 atom stereocenters. The van der Waals surface area contributed by atoms with Crippen molar-refractivity contribution in [2.45, 2.75) is 19.8 Å². The number of rotatable bonds is 3. The van der Waals surface area contributed by atoms with Crippen LogP contribution in [0.15, 0.2) is 35.6 Å². The van der Waals surface area contributed by atoms with Gasteiger partial charge in [-0.1, -0.05) is 36.7 Å². The third kappa shape index (κ3) is 1.73. The number of aromatic nitrogens is 1. The molecule has 0 aliphatic carbocycles. The van der Waals surface area contributed by atoms with Crippen molar-refractivity contribution in [2.24, 2.45) is 5.16 Å². The summed E-state index contributed by atoms with van der Waals surface area (Å²) in [5.41, 5.74) is 2.81. The molecule has 0 saturated carbocycles. The monoisotopic (exact) mass is 202 g/mol. The van der Waals surface area contributed by atoms with Gasteiger partial charge in [0.25, 0.3) is 0 Å². The average Bonchev–Trinajstić information content (AvgIpc) is 2.70. The van der Waals surface area contributed by atoms with Gasteiger partial charge in [-0.3, -0.25) is 0 Å². The van der Waals surface area contributed by atoms with Crippen molar-refractivity contribution >= 4 is 16.6 Å². The molecular weight excluding hydrogens is 188 g/mol. The molecule has 0 fully saturated rings. The molecule has 2 aromatic rings. The summed E-state index contributed by atoms with van der Waals surface area (Å²) in [6.07, 6.45) is 3.66. The number of fused-ring (bicyclic) bond motifs is 1. The number of oxime groups is 1. The van der Waals surface area contributed by atoms with Crippen molar-refractivity contribution in [3.8, 4) is 0 Å². The van der Waals surface area contributed by atoms with Crippen LogP contribution in [0.5, 0.6) is 0 Å². The first-order chi connectivity index (χ1) is 7.36. The number of hydrogen-bond acceptors (Lipinski definition) is 2. The minimum Gasteiger partial charge on any atom is -0.411 e.